The first-order valence-electron chi connectivity index (χ1n) is 6.99. The zero-order valence-electron chi connectivity index (χ0n) is 11.4. The number of aryl methyl sites for hydroxylation is 1. The van der Waals surface area contributed by atoms with Gasteiger partial charge in [-0.1, -0.05) is 44.2 Å². The van der Waals surface area contributed by atoms with Crippen LogP contribution in [0.3, 0.4) is 0 Å². The molecule has 2 nitrogen and oxygen atoms in total. The van der Waals surface area contributed by atoms with Gasteiger partial charge in [0.05, 0.1) is 0 Å². The number of benzene rings is 1. The number of hydrogen-bond donors (Lipinski definition) is 0. The molecule has 0 spiro atoms. The highest BCUT2D eigenvalue weighted by atomic mass is 35.5. The molecule has 1 heterocycles. The van der Waals surface area contributed by atoms with E-state index in [-0.39, 0.29) is 23.4 Å². The zero-order valence-corrected chi connectivity index (χ0v) is 12.1. The maximum atomic E-state index is 12.0. The highest BCUT2D eigenvalue weighted by Gasteiger charge is 2.84. The van der Waals surface area contributed by atoms with E-state index in [0.29, 0.717) is 0 Å². The fourth-order valence-corrected chi connectivity index (χ4v) is 4.39. The number of alkyl halides is 1. The van der Waals surface area contributed by atoms with E-state index < -0.39 is 4.87 Å². The third kappa shape index (κ3) is 1.59. The molecule has 3 heteroatoms. The number of rotatable bonds is 4. The Morgan fingerprint density at radius 2 is 2.00 bits per heavy atom. The van der Waals surface area contributed by atoms with Crippen LogP contribution in [0.5, 0.6) is 0 Å². The summed E-state index contributed by atoms with van der Waals surface area (Å²) in [6.07, 6.45) is 2.76. The summed E-state index contributed by atoms with van der Waals surface area (Å²) in [5, 5.41) is 0. The first-order valence-corrected chi connectivity index (χ1v) is 7.36. The van der Waals surface area contributed by atoms with Crippen LogP contribution in [0.2, 0.25) is 0 Å². The molecule has 2 aliphatic rings. The second-order valence-electron chi connectivity index (χ2n) is 5.87. The highest BCUT2D eigenvalue weighted by Crippen LogP contribution is 2.74. The minimum atomic E-state index is -0.761. The van der Waals surface area contributed by atoms with Gasteiger partial charge in [0.1, 0.15) is 6.10 Å². The monoisotopic (exact) mass is 278 g/mol. The maximum absolute atomic E-state index is 12.0. The molecule has 0 radical (unpaired) electrons. The topological polar surface area (TPSA) is 26.3 Å². The fraction of sp³-hybridized carbons (Fsp3) is 0.562. The van der Waals surface area contributed by atoms with Crippen molar-refractivity contribution >= 4 is 17.6 Å². The standard InChI is InChI=1S/C16H19ClO2/c1-3-13-15(2)12(16(15,17)14(18)19-13)10-9-11-7-5-4-6-8-11/h4-8,12-13H,3,9-10H2,1-2H3/t12-,13+,15+,16+/m1/s1. The Morgan fingerprint density at radius 3 is 2.63 bits per heavy atom. The molecule has 102 valence electrons. The molecule has 1 aliphatic carbocycles. The summed E-state index contributed by atoms with van der Waals surface area (Å²) in [6, 6.07) is 10.4. The Kier molecular flexibility index (Phi) is 2.90. The van der Waals surface area contributed by atoms with Crippen LogP contribution in [0.15, 0.2) is 30.3 Å². The molecule has 1 saturated heterocycles. The second-order valence-corrected chi connectivity index (χ2v) is 6.47. The van der Waals surface area contributed by atoms with Gasteiger partial charge in [0.2, 0.25) is 0 Å². The van der Waals surface area contributed by atoms with Gasteiger partial charge in [-0.3, -0.25) is 4.79 Å². The van der Waals surface area contributed by atoms with Crippen LogP contribution in [-0.4, -0.2) is 16.9 Å². The van der Waals surface area contributed by atoms with Crippen molar-refractivity contribution in [3.8, 4) is 0 Å². The molecule has 1 aromatic rings. The lowest BCUT2D eigenvalue weighted by Crippen LogP contribution is -2.22. The van der Waals surface area contributed by atoms with E-state index in [1.54, 1.807) is 0 Å². The molecule has 0 N–H and O–H groups in total. The van der Waals surface area contributed by atoms with Crippen LogP contribution < -0.4 is 0 Å². The zero-order chi connectivity index (χ0) is 13.7. The fourth-order valence-electron chi connectivity index (χ4n) is 3.81. The lowest BCUT2D eigenvalue weighted by molar-refractivity contribution is -0.146. The highest BCUT2D eigenvalue weighted by molar-refractivity contribution is 6.38. The summed E-state index contributed by atoms with van der Waals surface area (Å²) >= 11 is 6.56. The van der Waals surface area contributed by atoms with Crippen LogP contribution in [0.1, 0.15) is 32.3 Å². The van der Waals surface area contributed by atoms with Crippen molar-refractivity contribution in [1.82, 2.24) is 0 Å². The minimum absolute atomic E-state index is 0.0155. The summed E-state index contributed by atoms with van der Waals surface area (Å²) < 4.78 is 5.39. The average molecular weight is 279 g/mol. The largest absolute Gasteiger partial charge is 0.460 e. The molecule has 1 aliphatic heterocycles. The van der Waals surface area contributed by atoms with Gasteiger partial charge in [0.25, 0.3) is 0 Å². The molecule has 0 aromatic heterocycles. The average Bonchev–Trinajstić information content (AvgIpc) is 2.84. The molecular weight excluding hydrogens is 260 g/mol. The predicted molar refractivity (Wildman–Crippen MR) is 75.1 cm³/mol. The van der Waals surface area contributed by atoms with Gasteiger partial charge in [0.15, 0.2) is 4.87 Å². The molecule has 2 fully saturated rings. The van der Waals surface area contributed by atoms with E-state index in [1.165, 1.54) is 5.56 Å². The minimum Gasteiger partial charge on any atom is -0.460 e. The SMILES string of the molecule is CC[C@@H]1OC(=O)[C@@]2(Cl)[C@H](CCc3ccccc3)[C@@]12C. The second kappa shape index (κ2) is 4.24. The van der Waals surface area contributed by atoms with Gasteiger partial charge < -0.3 is 4.74 Å². The number of carbonyl (C=O) groups is 1. The smallest absolute Gasteiger partial charge is 0.328 e. The van der Waals surface area contributed by atoms with Crippen molar-refractivity contribution in [2.75, 3.05) is 0 Å². The third-order valence-corrected chi connectivity index (χ3v) is 5.88. The Labute approximate surface area is 119 Å². The maximum Gasteiger partial charge on any atom is 0.328 e. The Balaban J connectivity index is 1.73. The summed E-state index contributed by atoms with van der Waals surface area (Å²) in [4.78, 5) is 11.2. The van der Waals surface area contributed by atoms with E-state index in [1.807, 2.05) is 18.2 Å². The van der Waals surface area contributed by atoms with E-state index in [4.69, 9.17) is 16.3 Å². The summed E-state index contributed by atoms with van der Waals surface area (Å²) in [6.45, 7) is 4.16. The van der Waals surface area contributed by atoms with E-state index >= 15 is 0 Å². The van der Waals surface area contributed by atoms with E-state index in [2.05, 4.69) is 26.0 Å². The van der Waals surface area contributed by atoms with E-state index in [0.717, 1.165) is 19.3 Å². The lowest BCUT2D eigenvalue weighted by Gasteiger charge is -2.18. The van der Waals surface area contributed by atoms with Crippen molar-refractivity contribution in [2.24, 2.45) is 11.3 Å². The van der Waals surface area contributed by atoms with Gasteiger partial charge in [0, 0.05) is 11.3 Å². The normalized spacial score (nSPS) is 39.8. The lowest BCUT2D eigenvalue weighted by atomic mass is 9.94. The number of halogens is 1. The van der Waals surface area contributed by atoms with Crippen molar-refractivity contribution in [2.45, 2.75) is 44.1 Å². The number of ether oxygens (including phenoxy) is 1. The number of fused-ring (bicyclic) bond motifs is 1. The Hall–Kier alpha value is -1.02. The van der Waals surface area contributed by atoms with E-state index in [9.17, 15) is 4.79 Å². The van der Waals surface area contributed by atoms with Crippen LogP contribution in [-0.2, 0) is 16.0 Å². The number of cyclic esters (lactones) is 1. The van der Waals surface area contributed by atoms with Gasteiger partial charge in [-0.15, -0.1) is 11.6 Å². The molecular formula is C16H19ClO2. The Bertz CT molecular complexity index is 501. The van der Waals surface area contributed by atoms with Crippen molar-refractivity contribution in [1.29, 1.82) is 0 Å². The molecule has 0 bridgehead atoms. The van der Waals surface area contributed by atoms with Crippen LogP contribution >= 0.6 is 11.6 Å². The first-order chi connectivity index (χ1) is 9.05. The number of carbonyl (C=O) groups excluding carboxylic acids is 1. The first kappa shape index (κ1) is 13.0. The third-order valence-electron chi connectivity index (χ3n) is 5.06. The summed E-state index contributed by atoms with van der Waals surface area (Å²) in [5.41, 5.74) is 1.13. The van der Waals surface area contributed by atoms with Crippen LogP contribution in [0.4, 0.5) is 0 Å². The molecule has 1 saturated carbocycles. The predicted octanol–water partition coefficient (Wildman–Crippen LogP) is 3.57. The number of esters is 1. The molecule has 0 unspecified atom stereocenters. The van der Waals surface area contributed by atoms with Gasteiger partial charge in [-0.05, 0) is 24.8 Å². The quantitative estimate of drug-likeness (QED) is 0.622. The summed E-state index contributed by atoms with van der Waals surface area (Å²) in [5.74, 6) is 0.0367. The molecule has 1 aromatic carbocycles. The molecule has 3 rings (SSSR count). The van der Waals surface area contributed by atoms with Gasteiger partial charge in [-0.25, -0.2) is 0 Å². The van der Waals surface area contributed by atoms with Gasteiger partial charge in [-0.2, -0.15) is 0 Å². The van der Waals surface area contributed by atoms with Gasteiger partial charge >= 0.3 is 5.97 Å². The Morgan fingerprint density at radius 1 is 1.32 bits per heavy atom. The van der Waals surface area contributed by atoms with Crippen LogP contribution in [0, 0.1) is 11.3 Å². The molecule has 4 atom stereocenters. The van der Waals surface area contributed by atoms with Crippen molar-refractivity contribution in [3.05, 3.63) is 35.9 Å². The molecule has 19 heavy (non-hydrogen) atoms. The van der Waals surface area contributed by atoms with Crippen molar-refractivity contribution < 1.29 is 9.53 Å². The molecule has 0 amide bonds. The van der Waals surface area contributed by atoms with Crippen LogP contribution in [0.25, 0.3) is 0 Å². The van der Waals surface area contributed by atoms with Crippen molar-refractivity contribution in [3.63, 3.8) is 0 Å². The number of hydrogen-bond acceptors (Lipinski definition) is 2. The summed E-state index contributed by atoms with van der Waals surface area (Å²) in [7, 11) is 0.